The van der Waals surface area contributed by atoms with Crippen LogP contribution in [-0.4, -0.2) is 31.7 Å². The molecule has 0 amide bonds. The van der Waals surface area contributed by atoms with Gasteiger partial charge in [-0.05, 0) is 10.8 Å². The standard InChI is InChI=1S/CH3Br.CH3I.4CH2O2S.8Na/c2*1-2;4*2-1(3)4;;;;;;;;/h2*1H3;4*(H2,2,3,4);;;;;;;;/q;;;;;;8*+1/p-8. The molecule has 0 heterocycles. The van der Waals surface area contributed by atoms with E-state index in [9.17, 15) is 0 Å². The van der Waals surface area contributed by atoms with E-state index in [1.54, 1.807) is 0 Å². The van der Waals surface area contributed by atoms with Gasteiger partial charge in [0.05, 0.1) is 0 Å². The fourth-order valence-electron chi connectivity index (χ4n) is 0. The molecule has 22 heteroatoms. The van der Waals surface area contributed by atoms with E-state index in [-0.39, 0.29) is 236 Å². The molecule has 8 nitrogen and oxygen atoms in total. The van der Waals surface area contributed by atoms with Gasteiger partial charge < -0.3 is 40.9 Å². The summed E-state index contributed by atoms with van der Waals surface area (Å²) in [6, 6.07) is 0. The summed E-state index contributed by atoms with van der Waals surface area (Å²) < 4.78 is 0. The summed E-state index contributed by atoms with van der Waals surface area (Å²) in [5.74, 6) is 1.81. The van der Waals surface area contributed by atoms with Crippen molar-refractivity contribution >= 4 is 108 Å². The third-order valence-corrected chi connectivity index (χ3v) is 0. The van der Waals surface area contributed by atoms with Crippen LogP contribution in [0.5, 0.6) is 0 Å². The molecule has 0 aromatic heterocycles. The summed E-state index contributed by atoms with van der Waals surface area (Å²) in [5, 5.41) is 63.6. The van der Waals surface area contributed by atoms with Crippen molar-refractivity contribution in [1.29, 1.82) is 0 Å². The van der Waals surface area contributed by atoms with Gasteiger partial charge in [0.25, 0.3) is 0 Å². The maximum absolute atomic E-state index is 8.70. The normalized spacial score (nSPS) is 3.86. The second-order valence-electron chi connectivity index (χ2n) is 1.00. The Kier molecular flexibility index (Phi) is 329. The smallest absolute Gasteiger partial charge is 0.876 e. The van der Waals surface area contributed by atoms with Crippen molar-refractivity contribution in [3.63, 3.8) is 0 Å². The molecular formula is C6H6BrINa8O8S4. The van der Waals surface area contributed by atoms with E-state index in [4.69, 9.17) is 40.9 Å². The fourth-order valence-corrected chi connectivity index (χ4v) is 0. The quantitative estimate of drug-likeness (QED) is 0.0997. The Balaban J connectivity index is -0.00000000673. The molecule has 0 bridgehead atoms. The Labute approximate surface area is 386 Å². The van der Waals surface area contributed by atoms with Crippen LogP contribution in [0.1, 0.15) is 0 Å². The summed E-state index contributed by atoms with van der Waals surface area (Å²) in [5.41, 5.74) is 0. The Morgan fingerprint density at radius 3 is 0.429 bits per heavy atom. The monoisotopic (exact) mass is 724 g/mol. The zero-order chi connectivity index (χ0) is 18.3. The molecule has 0 saturated heterocycles. The molecule has 0 spiro atoms. The molecule has 0 aliphatic rings. The van der Waals surface area contributed by atoms with E-state index in [1.165, 1.54) is 0 Å². The van der Waals surface area contributed by atoms with E-state index in [1.807, 2.05) is 10.8 Å². The molecule has 28 heavy (non-hydrogen) atoms. The minimum absolute atomic E-state index is 0. The molecule has 0 radical (unpaired) electrons. The van der Waals surface area contributed by atoms with Crippen LogP contribution in [0.15, 0.2) is 0 Å². The molecular weight excluding hydrogens is 719 g/mol. The molecule has 0 aliphatic carbocycles. The Morgan fingerprint density at radius 1 is 0.429 bits per heavy atom. The van der Waals surface area contributed by atoms with Crippen molar-refractivity contribution in [2.75, 3.05) is 10.8 Å². The van der Waals surface area contributed by atoms with Crippen molar-refractivity contribution in [3.8, 4) is 0 Å². The molecule has 0 fully saturated rings. The van der Waals surface area contributed by atoms with Crippen LogP contribution in [0.3, 0.4) is 0 Å². The number of alkyl halides is 2. The predicted octanol–water partition coefficient (Wildman–Crippen LogP) is -29.9. The van der Waals surface area contributed by atoms with Gasteiger partial charge in [-0.25, -0.2) is 0 Å². The van der Waals surface area contributed by atoms with Gasteiger partial charge in [0, 0.05) is 0 Å². The van der Waals surface area contributed by atoms with E-state index < -0.39 is 20.9 Å². The number of hydrogen-bond donors (Lipinski definition) is 0. The average molecular weight is 725 g/mol. The van der Waals surface area contributed by atoms with Gasteiger partial charge in [0.15, 0.2) is 0 Å². The third-order valence-electron chi connectivity index (χ3n) is 0. The molecule has 0 unspecified atom stereocenters. The number of thiocarbonyl (C=S) groups is 4. The van der Waals surface area contributed by atoms with Crippen LogP contribution in [0.4, 0.5) is 0 Å². The van der Waals surface area contributed by atoms with Crippen LogP contribution < -0.4 is 277 Å². The van der Waals surface area contributed by atoms with Crippen molar-refractivity contribution in [1.82, 2.24) is 0 Å². The largest absolute Gasteiger partial charge is 1.00 e. The minimum atomic E-state index is -1.50. The van der Waals surface area contributed by atoms with E-state index >= 15 is 0 Å². The third kappa shape index (κ3) is 581. The first-order valence-electron chi connectivity index (χ1n) is 3.21. The second-order valence-corrected chi connectivity index (χ2v) is 2.33. The van der Waals surface area contributed by atoms with Crippen molar-refractivity contribution in [3.05, 3.63) is 0 Å². The zero-order valence-corrected chi connectivity index (χ0v) is 40.7. The van der Waals surface area contributed by atoms with Crippen LogP contribution in [0, 0.1) is 0 Å². The molecule has 0 N–H and O–H groups in total. The van der Waals surface area contributed by atoms with Crippen molar-refractivity contribution < 1.29 is 277 Å². The Bertz CT molecular complexity index is 203. The molecule has 124 valence electrons. The van der Waals surface area contributed by atoms with Gasteiger partial charge in [0.1, 0.15) is 0 Å². The number of rotatable bonds is 0. The fraction of sp³-hybridized carbons (Fsp3) is 0.333. The first-order valence-corrected chi connectivity index (χ1v) is 8.58. The van der Waals surface area contributed by atoms with E-state index in [0.717, 1.165) is 0 Å². The average Bonchev–Trinajstić information content (AvgIpc) is 2.19. The Hall–Kier alpha value is 7.97. The molecule has 0 aliphatic heterocycles. The molecule has 0 aromatic rings. The summed E-state index contributed by atoms with van der Waals surface area (Å²) in [7, 11) is 0. The number of hydrogen-bond acceptors (Lipinski definition) is 12. The van der Waals surface area contributed by atoms with Crippen molar-refractivity contribution in [2.45, 2.75) is 0 Å². The van der Waals surface area contributed by atoms with Gasteiger partial charge in [-0.3, -0.25) is 0 Å². The molecule has 0 rings (SSSR count). The summed E-state index contributed by atoms with van der Waals surface area (Å²) >= 11 is 18.8. The van der Waals surface area contributed by atoms with Crippen molar-refractivity contribution in [2.24, 2.45) is 0 Å². The van der Waals surface area contributed by atoms with Gasteiger partial charge >= 0.3 is 236 Å². The van der Waals surface area contributed by atoms with Gasteiger partial charge in [-0.1, -0.05) is 38.5 Å². The second kappa shape index (κ2) is 101. The summed E-state index contributed by atoms with van der Waals surface area (Å²) in [6.45, 7) is 0. The van der Waals surface area contributed by atoms with Crippen LogP contribution in [0.25, 0.3) is 0 Å². The first kappa shape index (κ1) is 91.1. The van der Waals surface area contributed by atoms with Gasteiger partial charge in [0.2, 0.25) is 0 Å². The van der Waals surface area contributed by atoms with Gasteiger partial charge in [-0.15, -0.1) is 69.8 Å². The maximum Gasteiger partial charge on any atom is 1.00 e. The minimum Gasteiger partial charge on any atom is -0.876 e. The van der Waals surface area contributed by atoms with Crippen LogP contribution in [0.2, 0.25) is 0 Å². The summed E-state index contributed by atoms with van der Waals surface area (Å²) in [6.07, 6.45) is 0. The summed E-state index contributed by atoms with van der Waals surface area (Å²) in [4.78, 5) is 1.97. The number of halogens is 2. The molecule has 0 aromatic carbocycles. The van der Waals surface area contributed by atoms with Crippen LogP contribution >= 0.6 is 87.4 Å². The molecule has 0 atom stereocenters. The Morgan fingerprint density at radius 2 is 0.429 bits per heavy atom. The topological polar surface area (TPSA) is 184 Å². The predicted molar refractivity (Wildman–Crippen MR) is 85.2 cm³/mol. The SMILES string of the molecule is CBr.CI.[Na+].[Na+].[Na+].[Na+].[Na+].[Na+].[Na+].[Na+].[O-]C([O-])=S.[O-]C([O-])=S.[O-]C([O-])=S.[O-]C([O-])=S. The van der Waals surface area contributed by atoms with E-state index in [2.05, 4.69) is 87.4 Å². The van der Waals surface area contributed by atoms with E-state index in [0.29, 0.717) is 0 Å². The molecule has 0 saturated carbocycles. The van der Waals surface area contributed by atoms with Gasteiger partial charge in [-0.2, -0.15) is 0 Å². The van der Waals surface area contributed by atoms with Crippen LogP contribution in [-0.2, 0) is 0 Å². The maximum atomic E-state index is 8.70. The zero-order valence-electron chi connectivity index (χ0n) is 17.7. The first-order chi connectivity index (χ1) is 8.93.